The molecule has 0 radical (unpaired) electrons. The summed E-state index contributed by atoms with van der Waals surface area (Å²) in [5.74, 6) is 0. The van der Waals surface area contributed by atoms with Crippen molar-refractivity contribution in [1.29, 1.82) is 0 Å². The van der Waals surface area contributed by atoms with Gasteiger partial charge in [0.1, 0.15) is 12.3 Å². The molecule has 0 heterocycles. The summed E-state index contributed by atoms with van der Waals surface area (Å²) in [6.07, 6.45) is 8.68. The quantitative estimate of drug-likeness (QED) is 0.403. The van der Waals surface area contributed by atoms with Crippen LogP contribution in [0.5, 0.6) is 0 Å². The highest BCUT2D eigenvalue weighted by Crippen LogP contribution is 2.14. The third-order valence-corrected chi connectivity index (χ3v) is 2.52. The predicted molar refractivity (Wildman–Crippen MR) is 63.6 cm³/mol. The number of hydrogen-bond acceptors (Lipinski definition) is 1. The molecule has 0 amide bonds. The van der Waals surface area contributed by atoms with E-state index in [0.717, 1.165) is 12.8 Å². The average molecular weight is 216 g/mol. The van der Waals surface area contributed by atoms with Gasteiger partial charge in [-0.25, -0.2) is 4.39 Å². The Morgan fingerprint density at radius 1 is 1.20 bits per heavy atom. The Labute approximate surface area is 93.7 Å². The normalized spacial score (nSPS) is 15.5. The van der Waals surface area contributed by atoms with E-state index in [1.165, 1.54) is 19.3 Å². The summed E-state index contributed by atoms with van der Waals surface area (Å²) >= 11 is 0. The fourth-order valence-electron chi connectivity index (χ4n) is 1.47. The molecule has 0 fully saturated rings. The van der Waals surface area contributed by atoms with Crippen LogP contribution in [0.4, 0.5) is 4.39 Å². The van der Waals surface area contributed by atoms with E-state index in [4.69, 9.17) is 4.74 Å². The Hall–Kier alpha value is -0.530. The summed E-state index contributed by atoms with van der Waals surface area (Å²) in [5.41, 5.74) is 0. The van der Waals surface area contributed by atoms with Crippen molar-refractivity contribution in [2.75, 3.05) is 0 Å². The van der Waals surface area contributed by atoms with Crippen LogP contribution in [0.1, 0.15) is 59.3 Å². The van der Waals surface area contributed by atoms with Gasteiger partial charge in [0.05, 0.1) is 6.26 Å². The van der Waals surface area contributed by atoms with Gasteiger partial charge in [-0.15, -0.1) is 0 Å². The van der Waals surface area contributed by atoms with Crippen molar-refractivity contribution in [3.63, 3.8) is 0 Å². The molecule has 0 N–H and O–H groups in total. The van der Waals surface area contributed by atoms with Gasteiger partial charge in [-0.3, -0.25) is 0 Å². The maximum atomic E-state index is 13.5. The summed E-state index contributed by atoms with van der Waals surface area (Å²) in [6, 6.07) is 0. The molecule has 2 atom stereocenters. The van der Waals surface area contributed by atoms with Gasteiger partial charge in [-0.05, 0) is 20.3 Å². The SMILES string of the molecule is CC=COC(C)C(F)CCCCCCC. The van der Waals surface area contributed by atoms with Crippen LogP contribution in [0.2, 0.25) is 0 Å². The Morgan fingerprint density at radius 2 is 1.87 bits per heavy atom. The maximum absolute atomic E-state index is 13.5. The highest BCUT2D eigenvalue weighted by atomic mass is 19.1. The molecule has 0 aromatic rings. The molecule has 15 heavy (non-hydrogen) atoms. The Kier molecular flexibility index (Phi) is 9.65. The number of hydrogen-bond donors (Lipinski definition) is 0. The summed E-state index contributed by atoms with van der Waals surface area (Å²) in [6.45, 7) is 5.84. The lowest BCUT2D eigenvalue weighted by molar-refractivity contribution is 0.0687. The topological polar surface area (TPSA) is 9.23 Å². The third kappa shape index (κ3) is 8.46. The largest absolute Gasteiger partial charge is 0.496 e. The second-order valence-electron chi connectivity index (χ2n) is 4.03. The van der Waals surface area contributed by atoms with Crippen molar-refractivity contribution in [2.45, 2.75) is 71.6 Å². The molecule has 2 heteroatoms. The number of halogens is 1. The van der Waals surface area contributed by atoms with Crippen LogP contribution in [-0.2, 0) is 4.74 Å². The molecule has 0 bridgehead atoms. The van der Waals surface area contributed by atoms with Crippen LogP contribution in [0.15, 0.2) is 12.3 Å². The molecule has 0 aromatic heterocycles. The number of ether oxygens (including phenoxy) is 1. The number of alkyl halides is 1. The fourth-order valence-corrected chi connectivity index (χ4v) is 1.47. The Bertz CT molecular complexity index is 157. The first kappa shape index (κ1) is 14.5. The predicted octanol–water partition coefficient (Wildman–Crippen LogP) is 4.62. The second-order valence-corrected chi connectivity index (χ2v) is 4.03. The molecule has 0 saturated carbocycles. The van der Waals surface area contributed by atoms with Crippen LogP contribution in [-0.4, -0.2) is 12.3 Å². The van der Waals surface area contributed by atoms with E-state index in [1.54, 1.807) is 19.3 Å². The minimum Gasteiger partial charge on any atom is -0.496 e. The summed E-state index contributed by atoms with van der Waals surface area (Å²) in [7, 11) is 0. The molecule has 0 spiro atoms. The molecule has 0 aliphatic rings. The second kappa shape index (κ2) is 10.0. The standard InChI is InChI=1S/C13H25FO/c1-4-6-7-8-9-10-13(14)12(3)15-11-5-2/h5,11-13H,4,6-10H2,1-3H3. The monoisotopic (exact) mass is 216 g/mol. The van der Waals surface area contributed by atoms with Gasteiger partial charge in [0.2, 0.25) is 0 Å². The van der Waals surface area contributed by atoms with Crippen molar-refractivity contribution in [1.82, 2.24) is 0 Å². The van der Waals surface area contributed by atoms with E-state index in [0.29, 0.717) is 6.42 Å². The maximum Gasteiger partial charge on any atom is 0.136 e. The molecule has 0 aliphatic carbocycles. The molecule has 1 nitrogen and oxygen atoms in total. The number of unbranched alkanes of at least 4 members (excludes halogenated alkanes) is 4. The first-order chi connectivity index (χ1) is 7.22. The zero-order valence-corrected chi connectivity index (χ0v) is 10.3. The molecule has 0 aromatic carbocycles. The number of allylic oxidation sites excluding steroid dienone is 1. The molecular weight excluding hydrogens is 191 g/mol. The van der Waals surface area contributed by atoms with Crippen molar-refractivity contribution >= 4 is 0 Å². The van der Waals surface area contributed by atoms with Gasteiger partial charge in [0.15, 0.2) is 0 Å². The molecule has 90 valence electrons. The van der Waals surface area contributed by atoms with E-state index >= 15 is 0 Å². The lowest BCUT2D eigenvalue weighted by atomic mass is 10.1. The van der Waals surface area contributed by atoms with Crippen LogP contribution >= 0.6 is 0 Å². The smallest absolute Gasteiger partial charge is 0.136 e. The van der Waals surface area contributed by atoms with Crippen molar-refractivity contribution in [2.24, 2.45) is 0 Å². The highest BCUT2D eigenvalue weighted by Gasteiger charge is 2.15. The van der Waals surface area contributed by atoms with E-state index in [-0.39, 0.29) is 6.10 Å². The third-order valence-electron chi connectivity index (χ3n) is 2.52. The molecule has 0 aliphatic heterocycles. The minimum absolute atomic E-state index is 0.313. The van der Waals surface area contributed by atoms with Gasteiger partial charge in [-0.1, -0.05) is 45.1 Å². The highest BCUT2D eigenvalue weighted by molar-refractivity contribution is 4.72. The van der Waals surface area contributed by atoms with Gasteiger partial charge >= 0.3 is 0 Å². The van der Waals surface area contributed by atoms with E-state index < -0.39 is 6.17 Å². The lowest BCUT2D eigenvalue weighted by Crippen LogP contribution is -2.19. The fraction of sp³-hybridized carbons (Fsp3) is 0.846. The zero-order chi connectivity index (χ0) is 11.5. The average Bonchev–Trinajstić information content (AvgIpc) is 2.25. The van der Waals surface area contributed by atoms with Gasteiger partial charge < -0.3 is 4.74 Å². The van der Waals surface area contributed by atoms with Gasteiger partial charge in [0.25, 0.3) is 0 Å². The minimum atomic E-state index is -0.831. The molecule has 2 unspecified atom stereocenters. The summed E-state index contributed by atoms with van der Waals surface area (Å²) in [5, 5.41) is 0. The van der Waals surface area contributed by atoms with Crippen LogP contribution in [0, 0.1) is 0 Å². The Morgan fingerprint density at radius 3 is 2.47 bits per heavy atom. The first-order valence-corrected chi connectivity index (χ1v) is 6.13. The summed E-state index contributed by atoms with van der Waals surface area (Å²) in [4.78, 5) is 0. The van der Waals surface area contributed by atoms with Crippen LogP contribution in [0.25, 0.3) is 0 Å². The Balaban J connectivity index is 3.42. The van der Waals surface area contributed by atoms with Crippen molar-refractivity contribution in [3.05, 3.63) is 12.3 Å². The number of rotatable bonds is 9. The van der Waals surface area contributed by atoms with E-state index in [1.807, 2.05) is 6.92 Å². The lowest BCUT2D eigenvalue weighted by Gasteiger charge is -2.16. The van der Waals surface area contributed by atoms with Gasteiger partial charge in [-0.2, -0.15) is 0 Å². The molecule has 0 saturated heterocycles. The van der Waals surface area contributed by atoms with Crippen molar-refractivity contribution < 1.29 is 9.13 Å². The van der Waals surface area contributed by atoms with Crippen LogP contribution in [0.3, 0.4) is 0 Å². The molecule has 0 rings (SSSR count). The zero-order valence-electron chi connectivity index (χ0n) is 10.3. The van der Waals surface area contributed by atoms with Gasteiger partial charge in [0, 0.05) is 0 Å². The molecular formula is C13H25FO. The van der Waals surface area contributed by atoms with E-state index in [9.17, 15) is 4.39 Å². The van der Waals surface area contributed by atoms with Crippen LogP contribution < -0.4 is 0 Å². The summed E-state index contributed by atoms with van der Waals surface area (Å²) < 4.78 is 18.6. The first-order valence-electron chi connectivity index (χ1n) is 6.13. The van der Waals surface area contributed by atoms with E-state index in [2.05, 4.69) is 6.92 Å². The van der Waals surface area contributed by atoms with Crippen molar-refractivity contribution in [3.8, 4) is 0 Å².